The summed E-state index contributed by atoms with van der Waals surface area (Å²) in [6, 6.07) is 25.1. The summed E-state index contributed by atoms with van der Waals surface area (Å²) in [6.45, 7) is 0.203. The van der Waals surface area contributed by atoms with E-state index in [2.05, 4.69) is 0 Å². The van der Waals surface area contributed by atoms with Crippen LogP contribution in [0.1, 0.15) is 27.5 Å². The lowest BCUT2D eigenvalue weighted by molar-refractivity contribution is -0.143. The number of imide groups is 1. The Kier molecular flexibility index (Phi) is 5.40. The summed E-state index contributed by atoms with van der Waals surface area (Å²) in [6.07, 6.45) is -0.910. The quantitative estimate of drug-likeness (QED) is 0.445. The van der Waals surface area contributed by atoms with E-state index in [-0.39, 0.29) is 18.4 Å². The molecule has 2 amide bonds. The van der Waals surface area contributed by atoms with Gasteiger partial charge in [0.05, 0.1) is 30.9 Å². The van der Waals surface area contributed by atoms with E-state index < -0.39 is 24.0 Å². The fourth-order valence-corrected chi connectivity index (χ4v) is 4.47. The van der Waals surface area contributed by atoms with Crippen molar-refractivity contribution in [3.05, 3.63) is 102 Å². The second kappa shape index (κ2) is 8.52. The first-order valence-corrected chi connectivity index (χ1v) is 10.7. The van der Waals surface area contributed by atoms with Crippen molar-refractivity contribution in [2.45, 2.75) is 18.7 Å². The Balaban J connectivity index is 1.51. The molecule has 2 saturated heterocycles. The average molecular weight is 442 g/mol. The molecule has 7 heteroatoms. The molecule has 33 heavy (non-hydrogen) atoms. The first-order valence-electron chi connectivity index (χ1n) is 10.7. The molecule has 2 aliphatic rings. The van der Waals surface area contributed by atoms with Gasteiger partial charge in [-0.2, -0.15) is 0 Å². The molecule has 3 aromatic rings. The van der Waals surface area contributed by atoms with Gasteiger partial charge in [0.15, 0.2) is 6.10 Å². The minimum atomic E-state index is -0.910. The van der Waals surface area contributed by atoms with Crippen molar-refractivity contribution in [1.82, 2.24) is 4.90 Å². The van der Waals surface area contributed by atoms with Gasteiger partial charge in [0, 0.05) is 0 Å². The monoisotopic (exact) mass is 442 g/mol. The number of rotatable bonds is 5. The van der Waals surface area contributed by atoms with Gasteiger partial charge in [-0.1, -0.05) is 60.7 Å². The number of carbonyl (C=O) groups is 3. The fourth-order valence-electron chi connectivity index (χ4n) is 4.47. The summed E-state index contributed by atoms with van der Waals surface area (Å²) < 4.78 is 4.78. The van der Waals surface area contributed by atoms with Crippen LogP contribution in [0, 0.1) is 5.92 Å². The number of hydrogen-bond acceptors (Lipinski definition) is 6. The highest BCUT2D eigenvalue weighted by molar-refractivity contribution is 6.07. The zero-order valence-corrected chi connectivity index (χ0v) is 18.0. The SMILES string of the molecule is COC(=O)c1ccc([C@@H]2[C@@H]3C(=O)N(Cc4ccccc4)C(=O)[C@@H]3ON2c2ccccc2)cc1. The molecule has 7 nitrogen and oxygen atoms in total. The second-order valence-electron chi connectivity index (χ2n) is 8.02. The molecule has 0 N–H and O–H groups in total. The molecule has 3 aromatic carbocycles. The summed E-state index contributed by atoms with van der Waals surface area (Å²) >= 11 is 0. The highest BCUT2D eigenvalue weighted by atomic mass is 16.7. The largest absolute Gasteiger partial charge is 0.465 e. The van der Waals surface area contributed by atoms with Crippen LogP contribution in [0.2, 0.25) is 0 Å². The highest BCUT2D eigenvalue weighted by Crippen LogP contribution is 2.46. The van der Waals surface area contributed by atoms with Gasteiger partial charge < -0.3 is 4.74 Å². The topological polar surface area (TPSA) is 76.2 Å². The smallest absolute Gasteiger partial charge is 0.337 e. The normalized spacial score (nSPS) is 21.9. The zero-order chi connectivity index (χ0) is 22.9. The first-order chi connectivity index (χ1) is 16.1. The number of nitrogens with zero attached hydrogens (tertiary/aromatic N) is 2. The Bertz CT molecular complexity index is 1180. The summed E-state index contributed by atoms with van der Waals surface area (Å²) in [5.41, 5.74) is 2.78. The van der Waals surface area contributed by atoms with E-state index in [0.29, 0.717) is 5.56 Å². The van der Waals surface area contributed by atoms with Gasteiger partial charge >= 0.3 is 5.97 Å². The lowest BCUT2D eigenvalue weighted by atomic mass is 9.90. The van der Waals surface area contributed by atoms with Gasteiger partial charge in [0.1, 0.15) is 5.92 Å². The van der Waals surface area contributed by atoms with Crippen LogP contribution in [0.15, 0.2) is 84.9 Å². The van der Waals surface area contributed by atoms with E-state index in [1.54, 1.807) is 29.3 Å². The summed E-state index contributed by atoms with van der Waals surface area (Å²) in [5, 5.41) is 1.64. The molecule has 0 spiro atoms. The van der Waals surface area contributed by atoms with Crippen molar-refractivity contribution in [1.29, 1.82) is 0 Å². The molecule has 2 aliphatic heterocycles. The number of para-hydroxylation sites is 1. The van der Waals surface area contributed by atoms with E-state index >= 15 is 0 Å². The minimum absolute atomic E-state index is 0.203. The molecule has 2 fully saturated rings. The standard InChI is InChI=1S/C26H22N2O5/c1-32-26(31)19-14-12-18(13-15-19)22-21-23(33-28(22)20-10-6-3-7-11-20)25(30)27(24(21)29)16-17-8-4-2-5-9-17/h2-15,21-23H,16H2,1H3/t21-,22+,23+/m0/s1. The average Bonchev–Trinajstić information content (AvgIpc) is 3.37. The third-order valence-corrected chi connectivity index (χ3v) is 6.07. The number of fused-ring (bicyclic) bond motifs is 1. The molecule has 0 bridgehead atoms. The molecule has 3 atom stereocenters. The number of ether oxygens (including phenoxy) is 1. The Morgan fingerprint density at radius 1 is 0.879 bits per heavy atom. The highest BCUT2D eigenvalue weighted by Gasteiger charge is 2.59. The van der Waals surface area contributed by atoms with E-state index in [0.717, 1.165) is 16.8 Å². The van der Waals surface area contributed by atoms with Crippen molar-refractivity contribution in [2.24, 2.45) is 5.92 Å². The Morgan fingerprint density at radius 3 is 2.15 bits per heavy atom. The molecule has 0 aliphatic carbocycles. The zero-order valence-electron chi connectivity index (χ0n) is 18.0. The van der Waals surface area contributed by atoms with Crippen LogP contribution in [0.25, 0.3) is 0 Å². The van der Waals surface area contributed by atoms with Crippen molar-refractivity contribution < 1.29 is 24.0 Å². The molecule has 2 heterocycles. The third kappa shape index (κ3) is 3.66. The minimum Gasteiger partial charge on any atom is -0.465 e. The van der Waals surface area contributed by atoms with Gasteiger partial charge in [0.2, 0.25) is 5.91 Å². The fraction of sp³-hybridized carbons (Fsp3) is 0.192. The van der Waals surface area contributed by atoms with E-state index in [1.807, 2.05) is 60.7 Å². The van der Waals surface area contributed by atoms with Crippen LogP contribution in [0.5, 0.6) is 0 Å². The van der Waals surface area contributed by atoms with Crippen molar-refractivity contribution >= 4 is 23.5 Å². The number of amides is 2. The summed E-state index contributed by atoms with van der Waals surface area (Å²) in [5.74, 6) is -1.76. The number of anilines is 1. The predicted octanol–water partition coefficient (Wildman–Crippen LogP) is 3.52. The number of likely N-dealkylation sites (tertiary alicyclic amines) is 1. The predicted molar refractivity (Wildman–Crippen MR) is 120 cm³/mol. The Morgan fingerprint density at radius 2 is 1.52 bits per heavy atom. The van der Waals surface area contributed by atoms with Crippen molar-refractivity contribution in [3.8, 4) is 0 Å². The number of methoxy groups -OCH3 is 1. The lowest BCUT2D eigenvalue weighted by Crippen LogP contribution is -2.36. The van der Waals surface area contributed by atoms with Gasteiger partial charge in [-0.25, -0.2) is 9.86 Å². The van der Waals surface area contributed by atoms with E-state index in [1.165, 1.54) is 12.0 Å². The lowest BCUT2D eigenvalue weighted by Gasteiger charge is -2.28. The Labute approximate surface area is 191 Å². The maximum Gasteiger partial charge on any atom is 0.337 e. The number of hydrogen-bond donors (Lipinski definition) is 0. The van der Waals surface area contributed by atoms with Crippen LogP contribution in [-0.4, -0.2) is 35.9 Å². The first kappa shape index (κ1) is 20.9. The maximum absolute atomic E-state index is 13.5. The van der Waals surface area contributed by atoms with Crippen molar-refractivity contribution in [2.75, 3.05) is 12.2 Å². The Hall–Kier alpha value is -3.97. The molecule has 0 radical (unpaired) electrons. The summed E-state index contributed by atoms with van der Waals surface area (Å²) in [7, 11) is 1.33. The van der Waals surface area contributed by atoms with E-state index in [9.17, 15) is 14.4 Å². The van der Waals surface area contributed by atoms with Crippen molar-refractivity contribution in [3.63, 3.8) is 0 Å². The van der Waals surface area contributed by atoms with Crippen LogP contribution >= 0.6 is 0 Å². The molecular weight excluding hydrogens is 420 g/mol. The van der Waals surface area contributed by atoms with E-state index in [4.69, 9.17) is 9.57 Å². The van der Waals surface area contributed by atoms with Crippen LogP contribution in [0.3, 0.4) is 0 Å². The van der Waals surface area contributed by atoms with Gasteiger partial charge in [-0.15, -0.1) is 0 Å². The van der Waals surface area contributed by atoms with Gasteiger partial charge in [-0.05, 0) is 35.4 Å². The van der Waals surface area contributed by atoms with Gasteiger partial charge in [-0.3, -0.25) is 19.3 Å². The number of hydroxylamine groups is 1. The molecular formula is C26H22N2O5. The molecule has 0 unspecified atom stereocenters. The summed E-state index contributed by atoms with van der Waals surface area (Å²) in [4.78, 5) is 46.0. The second-order valence-corrected chi connectivity index (χ2v) is 8.02. The number of carbonyl (C=O) groups excluding carboxylic acids is 3. The van der Waals surface area contributed by atoms with Crippen LogP contribution in [0.4, 0.5) is 5.69 Å². The number of esters is 1. The molecule has 166 valence electrons. The van der Waals surface area contributed by atoms with Crippen LogP contribution in [-0.2, 0) is 25.7 Å². The maximum atomic E-state index is 13.5. The molecule has 0 aromatic heterocycles. The van der Waals surface area contributed by atoms with Gasteiger partial charge in [0.25, 0.3) is 5.91 Å². The third-order valence-electron chi connectivity index (χ3n) is 6.07. The van der Waals surface area contributed by atoms with Crippen LogP contribution < -0.4 is 5.06 Å². The molecule has 0 saturated carbocycles. The number of benzene rings is 3. The molecule has 5 rings (SSSR count).